The molecule has 0 saturated carbocycles. The van der Waals surface area contributed by atoms with Crippen molar-refractivity contribution < 1.29 is 4.52 Å². The Morgan fingerprint density at radius 1 is 1.59 bits per heavy atom. The molecule has 17 heavy (non-hydrogen) atoms. The van der Waals surface area contributed by atoms with Crippen LogP contribution in [0.3, 0.4) is 0 Å². The first-order chi connectivity index (χ1) is 7.95. The van der Waals surface area contributed by atoms with Gasteiger partial charge in [0.15, 0.2) is 5.17 Å². The molecule has 0 spiro atoms. The van der Waals surface area contributed by atoms with E-state index in [1.54, 1.807) is 0 Å². The van der Waals surface area contributed by atoms with Crippen LogP contribution in [0, 0.1) is 0 Å². The predicted molar refractivity (Wildman–Crippen MR) is 69.6 cm³/mol. The lowest BCUT2D eigenvalue weighted by molar-refractivity contribution is 0.386. The smallest absolute Gasteiger partial charge is 0.380 e. The van der Waals surface area contributed by atoms with Crippen LogP contribution in [0.25, 0.3) is 0 Å². The fourth-order valence-corrected chi connectivity index (χ4v) is 1.81. The number of anilines is 1. The molecule has 0 aromatic carbocycles. The second-order valence-electron chi connectivity index (χ2n) is 3.47. The normalized spacial score (nSPS) is 19.7. The van der Waals surface area contributed by atoms with Crippen LogP contribution >= 0.6 is 11.9 Å². The van der Waals surface area contributed by atoms with Crippen LogP contribution in [0.2, 0.25) is 0 Å². The number of amidine groups is 1. The highest BCUT2D eigenvalue weighted by Gasteiger charge is 2.16. The molecule has 1 atom stereocenters. The highest BCUT2D eigenvalue weighted by atomic mass is 32.2. The number of H-pyrrole nitrogens is 1. The molecule has 0 amide bonds. The van der Waals surface area contributed by atoms with Gasteiger partial charge in [0.25, 0.3) is 0 Å². The molecule has 0 saturated heterocycles. The molecule has 7 nitrogen and oxygen atoms in total. The maximum absolute atomic E-state index is 10.5. The van der Waals surface area contributed by atoms with E-state index in [4.69, 9.17) is 11.5 Å². The summed E-state index contributed by atoms with van der Waals surface area (Å²) in [6.45, 7) is 3.89. The Labute approximate surface area is 103 Å². The minimum atomic E-state index is -0.480. The van der Waals surface area contributed by atoms with Gasteiger partial charge in [-0.2, -0.15) is 0 Å². The van der Waals surface area contributed by atoms with Gasteiger partial charge in [0.1, 0.15) is 11.9 Å². The van der Waals surface area contributed by atoms with Crippen molar-refractivity contribution in [1.82, 2.24) is 9.46 Å². The Hall–Kier alpha value is -1.41. The van der Waals surface area contributed by atoms with Crippen molar-refractivity contribution in [1.29, 1.82) is 0 Å². The van der Waals surface area contributed by atoms with Crippen molar-refractivity contribution in [3.63, 3.8) is 0 Å². The van der Waals surface area contributed by atoms with Gasteiger partial charge >= 0.3 is 5.63 Å². The third-order valence-electron chi connectivity index (χ3n) is 2.24. The molecular formula is C9H17N5O2S. The second kappa shape index (κ2) is 5.78. The topological polar surface area (TPSA) is 114 Å². The number of nitrogen functional groups attached to an aromatic ring is 1. The molecule has 0 fully saturated rings. The van der Waals surface area contributed by atoms with Crippen LogP contribution in [0.4, 0.5) is 5.69 Å². The predicted octanol–water partition coefficient (Wildman–Crippen LogP) is 0.353. The molecule has 0 bridgehead atoms. The second-order valence-corrected chi connectivity index (χ2v) is 4.65. The van der Waals surface area contributed by atoms with Gasteiger partial charge in [-0.25, -0.2) is 19.2 Å². The molecule has 1 aromatic heterocycles. The average molecular weight is 259 g/mol. The van der Waals surface area contributed by atoms with Crippen LogP contribution in [0.1, 0.15) is 19.5 Å². The number of nitrogens with zero attached hydrogens (tertiary/aromatic N) is 2. The van der Waals surface area contributed by atoms with E-state index in [-0.39, 0.29) is 11.9 Å². The molecule has 1 aromatic rings. The lowest BCUT2D eigenvalue weighted by Crippen LogP contribution is -2.14. The standard InChI is InChI=1S/C5H8N2O2.C4H9N3S/c1-2-3-4(6)5(8)9-7-3;1-3-6-4(5)8-7(3)2/h7H,2,6H2,1H3;3H,1-2H3,(H2,5,6). The number of aryl methyl sites for hydroxylation is 1. The monoisotopic (exact) mass is 259 g/mol. The first kappa shape index (κ1) is 13.7. The van der Waals surface area contributed by atoms with Crippen LogP contribution in [0.15, 0.2) is 14.3 Å². The molecule has 8 heteroatoms. The van der Waals surface area contributed by atoms with E-state index in [2.05, 4.69) is 14.7 Å². The zero-order valence-corrected chi connectivity index (χ0v) is 10.9. The number of aromatic amines is 1. The molecule has 1 unspecified atom stereocenters. The number of nitrogens with two attached hydrogens (primary N) is 2. The quantitative estimate of drug-likeness (QED) is 0.627. The van der Waals surface area contributed by atoms with Gasteiger partial charge in [0, 0.05) is 7.05 Å². The Kier molecular flexibility index (Phi) is 4.64. The molecule has 0 radical (unpaired) electrons. The number of nitrogens with one attached hydrogen (secondary N) is 1. The first-order valence-corrected chi connectivity index (χ1v) is 5.93. The van der Waals surface area contributed by atoms with E-state index >= 15 is 0 Å². The summed E-state index contributed by atoms with van der Waals surface area (Å²) in [7, 11) is 1.97. The molecule has 0 aliphatic carbocycles. The van der Waals surface area contributed by atoms with Crippen molar-refractivity contribution in [3.05, 3.63) is 16.1 Å². The number of aromatic nitrogens is 1. The molecular weight excluding hydrogens is 242 g/mol. The average Bonchev–Trinajstić information content (AvgIpc) is 2.73. The van der Waals surface area contributed by atoms with E-state index in [1.165, 1.54) is 11.9 Å². The summed E-state index contributed by atoms with van der Waals surface area (Å²) >= 11 is 1.49. The Balaban J connectivity index is 0.000000171. The Bertz CT molecular complexity index is 452. The van der Waals surface area contributed by atoms with Crippen molar-refractivity contribution in [2.45, 2.75) is 26.4 Å². The van der Waals surface area contributed by atoms with Crippen molar-refractivity contribution in [3.8, 4) is 0 Å². The molecule has 2 heterocycles. The molecule has 5 N–H and O–H groups in total. The van der Waals surface area contributed by atoms with Gasteiger partial charge in [-0.05, 0) is 25.3 Å². The minimum absolute atomic E-state index is 0.192. The van der Waals surface area contributed by atoms with Crippen LogP contribution < -0.4 is 17.1 Å². The van der Waals surface area contributed by atoms with E-state index in [1.807, 2.05) is 25.2 Å². The fourth-order valence-electron chi connectivity index (χ4n) is 1.12. The summed E-state index contributed by atoms with van der Waals surface area (Å²) < 4.78 is 6.39. The summed E-state index contributed by atoms with van der Waals surface area (Å²) in [6.07, 6.45) is 0.942. The van der Waals surface area contributed by atoms with Crippen LogP contribution in [-0.4, -0.2) is 27.8 Å². The van der Waals surface area contributed by atoms with Gasteiger partial charge in [0.2, 0.25) is 0 Å². The lowest BCUT2D eigenvalue weighted by atomic mass is 10.3. The van der Waals surface area contributed by atoms with Crippen LogP contribution in [0.5, 0.6) is 0 Å². The fraction of sp³-hybridized carbons (Fsp3) is 0.556. The number of rotatable bonds is 1. The first-order valence-electron chi connectivity index (χ1n) is 5.15. The maximum Gasteiger partial charge on any atom is 0.380 e. The third-order valence-corrected chi connectivity index (χ3v) is 3.13. The zero-order chi connectivity index (χ0) is 13.0. The third kappa shape index (κ3) is 3.53. The molecule has 1 aliphatic heterocycles. The van der Waals surface area contributed by atoms with Crippen molar-refractivity contribution in [2.24, 2.45) is 10.7 Å². The summed E-state index contributed by atoms with van der Waals surface area (Å²) in [5.41, 5.74) is 11.0. The van der Waals surface area contributed by atoms with E-state index in [0.29, 0.717) is 17.3 Å². The van der Waals surface area contributed by atoms with Gasteiger partial charge < -0.3 is 16.0 Å². The maximum atomic E-state index is 10.5. The van der Waals surface area contributed by atoms with Crippen molar-refractivity contribution in [2.75, 3.05) is 12.8 Å². The van der Waals surface area contributed by atoms with Gasteiger partial charge in [0.05, 0.1) is 5.69 Å². The highest BCUT2D eigenvalue weighted by Crippen LogP contribution is 2.19. The van der Waals surface area contributed by atoms with Gasteiger partial charge in [-0.3, -0.25) is 0 Å². The van der Waals surface area contributed by atoms with E-state index < -0.39 is 5.63 Å². The lowest BCUT2D eigenvalue weighted by Gasteiger charge is -2.08. The van der Waals surface area contributed by atoms with Crippen molar-refractivity contribution >= 4 is 22.8 Å². The number of hydrogen-bond acceptors (Lipinski definition) is 7. The number of aliphatic imine (C=N–C) groups is 1. The minimum Gasteiger partial charge on any atom is -0.391 e. The van der Waals surface area contributed by atoms with E-state index in [9.17, 15) is 4.79 Å². The van der Waals surface area contributed by atoms with Crippen LogP contribution in [-0.2, 0) is 6.42 Å². The molecule has 96 valence electrons. The summed E-state index contributed by atoms with van der Waals surface area (Å²) in [5.74, 6) is 0. The summed E-state index contributed by atoms with van der Waals surface area (Å²) in [4.78, 5) is 14.5. The SMILES string of the molecule is CC1N=C(N)SN1C.CCc1[nH]oc(=O)c1N. The summed E-state index contributed by atoms with van der Waals surface area (Å²) in [6, 6.07) is 0. The van der Waals surface area contributed by atoms with E-state index in [0.717, 1.165) is 0 Å². The van der Waals surface area contributed by atoms with Gasteiger partial charge in [-0.15, -0.1) is 0 Å². The van der Waals surface area contributed by atoms with Gasteiger partial charge in [-0.1, -0.05) is 6.92 Å². The molecule has 1 aliphatic rings. The Morgan fingerprint density at radius 2 is 2.24 bits per heavy atom. The molecule has 2 rings (SSSR count). The largest absolute Gasteiger partial charge is 0.391 e. The Morgan fingerprint density at radius 3 is 2.41 bits per heavy atom. The highest BCUT2D eigenvalue weighted by molar-refractivity contribution is 8.12. The number of hydrogen-bond donors (Lipinski definition) is 3. The summed E-state index contributed by atoms with van der Waals surface area (Å²) in [5, 5.41) is 3.08. The zero-order valence-electron chi connectivity index (χ0n) is 10.1.